The molecule has 10 nitrogen and oxygen atoms in total. The zero-order valence-electron chi connectivity index (χ0n) is 17.2. The molecule has 5 rings (SSSR count). The van der Waals surface area contributed by atoms with Crippen LogP contribution < -0.4 is 15.8 Å². The molecule has 0 aliphatic carbocycles. The normalized spacial score (nSPS) is 11.2. The van der Waals surface area contributed by atoms with Crippen LogP contribution >= 0.6 is 0 Å². The summed E-state index contributed by atoms with van der Waals surface area (Å²) in [4.78, 5) is 8.45. The number of nitrogen functional groups attached to an aromatic ring is 1. The molecule has 0 spiro atoms. The summed E-state index contributed by atoms with van der Waals surface area (Å²) < 4.78 is 14.5. The first-order valence-electron chi connectivity index (χ1n) is 9.53. The molecule has 0 aliphatic rings. The maximum Gasteiger partial charge on any atom is 0.299 e. The molecular weight excluding hydrogens is 396 g/mol. The van der Waals surface area contributed by atoms with E-state index in [0.717, 1.165) is 33.9 Å². The van der Waals surface area contributed by atoms with Crippen LogP contribution in [0.15, 0.2) is 53.5 Å². The van der Waals surface area contributed by atoms with E-state index in [4.69, 9.17) is 14.9 Å². The zero-order valence-corrected chi connectivity index (χ0v) is 17.2. The summed E-state index contributed by atoms with van der Waals surface area (Å²) in [6.45, 7) is 1.86. The Balaban J connectivity index is 1.63. The maximum absolute atomic E-state index is 6.23. The molecule has 0 atom stereocenters. The smallest absolute Gasteiger partial charge is 0.299 e. The molecular formula is C21H20N8O2. The number of nitrogens with two attached hydrogens (primary N) is 1. The van der Waals surface area contributed by atoms with E-state index in [1.807, 2.05) is 50.5 Å². The first-order valence-corrected chi connectivity index (χ1v) is 9.53. The minimum Gasteiger partial charge on any atom is -0.495 e. The SMILES string of the molecule is COc1cc(-c2cc(-c3ccn(C)n3)n3ncnc(N)c23)ccc1Nc1nc(C)co1. The summed E-state index contributed by atoms with van der Waals surface area (Å²) in [5.41, 5.74) is 11.8. The van der Waals surface area contributed by atoms with Crippen LogP contribution in [0.3, 0.4) is 0 Å². The molecule has 0 aliphatic heterocycles. The van der Waals surface area contributed by atoms with Crippen LogP contribution in [-0.4, -0.2) is 36.5 Å². The van der Waals surface area contributed by atoms with Crippen LogP contribution in [0, 0.1) is 6.92 Å². The van der Waals surface area contributed by atoms with E-state index in [1.54, 1.807) is 22.6 Å². The Morgan fingerprint density at radius 2 is 2.06 bits per heavy atom. The highest BCUT2D eigenvalue weighted by molar-refractivity contribution is 5.92. The van der Waals surface area contributed by atoms with Crippen molar-refractivity contribution in [3.8, 4) is 28.3 Å². The van der Waals surface area contributed by atoms with Gasteiger partial charge in [0.25, 0.3) is 6.01 Å². The van der Waals surface area contributed by atoms with Crippen LogP contribution in [0.25, 0.3) is 28.0 Å². The van der Waals surface area contributed by atoms with Crippen molar-refractivity contribution in [2.45, 2.75) is 6.92 Å². The summed E-state index contributed by atoms with van der Waals surface area (Å²) in [6.07, 6.45) is 4.90. The number of fused-ring (bicyclic) bond motifs is 1. The van der Waals surface area contributed by atoms with Gasteiger partial charge in [0.2, 0.25) is 0 Å². The standard InChI is InChI=1S/C21H20N8O2/c1-12-10-31-21(25-12)26-16-5-4-13(8-18(16)30-3)14-9-17(15-6-7-28(2)27-15)29-19(14)20(22)23-11-24-29/h4-11H,1-3H3,(H,25,26)(H2,22,23,24). The number of hydrogen-bond donors (Lipinski definition) is 2. The second kappa shape index (κ2) is 7.17. The molecule has 0 bridgehead atoms. The van der Waals surface area contributed by atoms with Gasteiger partial charge >= 0.3 is 0 Å². The Hall–Kier alpha value is -4.34. The number of nitrogens with zero attached hydrogens (tertiary/aromatic N) is 6. The third-order valence-electron chi connectivity index (χ3n) is 4.93. The number of methoxy groups -OCH3 is 1. The van der Waals surface area contributed by atoms with E-state index in [9.17, 15) is 0 Å². The lowest BCUT2D eigenvalue weighted by atomic mass is 10.1. The minimum absolute atomic E-state index is 0.378. The van der Waals surface area contributed by atoms with Crippen molar-refractivity contribution in [3.63, 3.8) is 0 Å². The highest BCUT2D eigenvalue weighted by Gasteiger charge is 2.19. The monoisotopic (exact) mass is 416 g/mol. The molecule has 10 heteroatoms. The van der Waals surface area contributed by atoms with Gasteiger partial charge in [-0.15, -0.1) is 0 Å². The first-order chi connectivity index (χ1) is 15.0. The lowest BCUT2D eigenvalue weighted by molar-refractivity contribution is 0.416. The third-order valence-corrected chi connectivity index (χ3v) is 4.93. The van der Waals surface area contributed by atoms with Crippen molar-refractivity contribution in [3.05, 3.63) is 54.8 Å². The van der Waals surface area contributed by atoms with E-state index >= 15 is 0 Å². The van der Waals surface area contributed by atoms with Gasteiger partial charge in [-0.25, -0.2) is 9.50 Å². The molecule has 1 aromatic carbocycles. The van der Waals surface area contributed by atoms with Gasteiger partial charge in [-0.1, -0.05) is 6.07 Å². The Morgan fingerprint density at radius 3 is 2.77 bits per heavy atom. The van der Waals surface area contributed by atoms with Gasteiger partial charge in [-0.05, 0) is 36.8 Å². The fourth-order valence-corrected chi connectivity index (χ4v) is 3.51. The Morgan fingerprint density at radius 1 is 1.19 bits per heavy atom. The molecule has 31 heavy (non-hydrogen) atoms. The van der Waals surface area contributed by atoms with Crippen LogP contribution in [0.5, 0.6) is 5.75 Å². The summed E-state index contributed by atoms with van der Waals surface area (Å²) >= 11 is 0. The average Bonchev–Trinajstić information content (AvgIpc) is 3.47. The van der Waals surface area contributed by atoms with E-state index < -0.39 is 0 Å². The maximum atomic E-state index is 6.23. The highest BCUT2D eigenvalue weighted by atomic mass is 16.5. The molecule has 0 saturated heterocycles. The molecule has 0 radical (unpaired) electrons. The number of rotatable bonds is 5. The molecule has 3 N–H and O–H groups in total. The molecule has 156 valence electrons. The van der Waals surface area contributed by atoms with Gasteiger partial charge < -0.3 is 20.2 Å². The van der Waals surface area contributed by atoms with E-state index in [-0.39, 0.29) is 0 Å². The average molecular weight is 416 g/mol. The van der Waals surface area contributed by atoms with Crippen molar-refractivity contribution >= 4 is 23.0 Å². The third kappa shape index (κ3) is 3.23. The summed E-state index contributed by atoms with van der Waals surface area (Å²) in [5.74, 6) is 1.01. The second-order valence-corrected chi connectivity index (χ2v) is 7.06. The number of ether oxygens (including phenoxy) is 1. The van der Waals surface area contributed by atoms with Crippen LogP contribution in [-0.2, 0) is 7.05 Å². The Labute approximate surface area is 177 Å². The van der Waals surface area contributed by atoms with Crippen LogP contribution in [0.1, 0.15) is 5.69 Å². The fraction of sp³-hybridized carbons (Fsp3) is 0.143. The van der Waals surface area contributed by atoms with Gasteiger partial charge in [-0.3, -0.25) is 4.68 Å². The largest absolute Gasteiger partial charge is 0.495 e. The molecule has 0 fully saturated rings. The van der Waals surface area contributed by atoms with Gasteiger partial charge in [-0.2, -0.15) is 15.2 Å². The number of aromatic nitrogens is 6. The van der Waals surface area contributed by atoms with Crippen molar-refractivity contribution in [1.82, 2.24) is 29.4 Å². The highest BCUT2D eigenvalue weighted by Crippen LogP contribution is 2.38. The van der Waals surface area contributed by atoms with Crippen molar-refractivity contribution in [2.24, 2.45) is 7.05 Å². The number of anilines is 3. The number of hydrogen-bond acceptors (Lipinski definition) is 8. The first kappa shape index (κ1) is 18.7. The summed E-state index contributed by atoms with van der Waals surface area (Å²) in [7, 11) is 3.48. The molecule has 4 heterocycles. The minimum atomic E-state index is 0.378. The summed E-state index contributed by atoms with van der Waals surface area (Å²) in [6, 6.07) is 10.1. The molecule has 0 unspecified atom stereocenters. The molecule has 5 aromatic rings. The second-order valence-electron chi connectivity index (χ2n) is 7.06. The van der Waals surface area contributed by atoms with Crippen molar-refractivity contribution in [2.75, 3.05) is 18.2 Å². The van der Waals surface area contributed by atoms with E-state index in [1.165, 1.54) is 6.33 Å². The summed E-state index contributed by atoms with van der Waals surface area (Å²) in [5, 5.41) is 12.0. The predicted octanol–water partition coefficient (Wildman–Crippen LogP) is 3.43. The number of aryl methyl sites for hydroxylation is 2. The molecule has 0 saturated carbocycles. The number of oxazole rings is 1. The van der Waals surface area contributed by atoms with Crippen molar-refractivity contribution in [1.29, 1.82) is 0 Å². The number of nitrogens with one attached hydrogen (secondary N) is 1. The lowest BCUT2D eigenvalue weighted by Crippen LogP contribution is -2.01. The predicted molar refractivity (Wildman–Crippen MR) is 116 cm³/mol. The molecule has 0 amide bonds. The Bertz CT molecular complexity index is 1400. The van der Waals surface area contributed by atoms with Crippen LogP contribution in [0.4, 0.5) is 17.5 Å². The fourth-order valence-electron chi connectivity index (χ4n) is 3.51. The van der Waals surface area contributed by atoms with Gasteiger partial charge in [0.15, 0.2) is 5.82 Å². The van der Waals surface area contributed by atoms with Gasteiger partial charge in [0.05, 0.1) is 24.2 Å². The molecule has 4 aromatic heterocycles. The number of benzene rings is 1. The lowest BCUT2D eigenvalue weighted by Gasteiger charge is -2.11. The van der Waals surface area contributed by atoms with Crippen LogP contribution in [0.2, 0.25) is 0 Å². The van der Waals surface area contributed by atoms with Crippen molar-refractivity contribution < 1.29 is 9.15 Å². The Kier molecular flexibility index (Phi) is 4.32. The topological polar surface area (TPSA) is 121 Å². The van der Waals surface area contributed by atoms with Gasteiger partial charge in [0, 0.05) is 18.8 Å². The van der Waals surface area contributed by atoms with E-state index in [2.05, 4.69) is 25.5 Å². The zero-order chi connectivity index (χ0) is 21.5. The quantitative estimate of drug-likeness (QED) is 0.447. The van der Waals surface area contributed by atoms with E-state index in [0.29, 0.717) is 23.1 Å². The van der Waals surface area contributed by atoms with Gasteiger partial charge in [0.1, 0.15) is 29.6 Å².